The monoisotopic (exact) mass is 424 g/mol. The van der Waals surface area contributed by atoms with E-state index in [2.05, 4.69) is 41.3 Å². The number of carboxylic acids is 1. The molecule has 0 bridgehead atoms. The number of fused-ring (bicyclic) bond motifs is 1. The first-order valence-electron chi connectivity index (χ1n) is 11.0. The van der Waals surface area contributed by atoms with Crippen LogP contribution in [0.15, 0.2) is 24.5 Å². The molecule has 2 aromatic heterocycles. The van der Waals surface area contributed by atoms with Crippen molar-refractivity contribution in [2.45, 2.75) is 71.6 Å². The quantitative estimate of drug-likeness (QED) is 0.591. The van der Waals surface area contributed by atoms with E-state index in [1.165, 1.54) is 18.0 Å². The summed E-state index contributed by atoms with van der Waals surface area (Å²) in [6.45, 7) is 6.89. The molecule has 7 heteroatoms. The number of aromatic nitrogens is 3. The molecule has 1 aliphatic heterocycles. The van der Waals surface area contributed by atoms with Gasteiger partial charge in [0.05, 0.1) is 5.92 Å². The van der Waals surface area contributed by atoms with Crippen LogP contribution >= 0.6 is 0 Å². The van der Waals surface area contributed by atoms with Gasteiger partial charge >= 0.3 is 5.97 Å². The molecule has 1 aliphatic rings. The van der Waals surface area contributed by atoms with Gasteiger partial charge in [0.25, 0.3) is 0 Å². The summed E-state index contributed by atoms with van der Waals surface area (Å²) >= 11 is 0. The third-order valence-electron chi connectivity index (χ3n) is 5.90. The number of nitrogens with zero attached hydrogens (tertiary/aromatic N) is 3. The van der Waals surface area contributed by atoms with E-state index >= 15 is 0 Å². The molecule has 7 nitrogen and oxygen atoms in total. The molecule has 166 valence electrons. The van der Waals surface area contributed by atoms with Crippen LogP contribution in [0, 0.1) is 12.3 Å². The summed E-state index contributed by atoms with van der Waals surface area (Å²) in [6, 6.07) is 4.24. The zero-order chi connectivity index (χ0) is 22.4. The van der Waals surface area contributed by atoms with Gasteiger partial charge < -0.3 is 10.4 Å². The zero-order valence-corrected chi connectivity index (χ0v) is 18.6. The van der Waals surface area contributed by atoms with Crippen molar-refractivity contribution in [2.75, 3.05) is 11.9 Å². The van der Waals surface area contributed by atoms with Crippen molar-refractivity contribution < 1.29 is 14.7 Å². The Labute approximate surface area is 183 Å². The number of ketones is 1. The second-order valence-corrected chi connectivity index (χ2v) is 9.21. The third kappa shape index (κ3) is 6.57. The highest BCUT2D eigenvalue weighted by Crippen LogP contribution is 2.30. The van der Waals surface area contributed by atoms with E-state index in [9.17, 15) is 14.7 Å². The van der Waals surface area contributed by atoms with Gasteiger partial charge in [-0.25, -0.2) is 15.0 Å². The minimum absolute atomic E-state index is 0.0874. The molecule has 0 aromatic carbocycles. The van der Waals surface area contributed by atoms with Crippen molar-refractivity contribution in [2.24, 2.45) is 5.41 Å². The Balaban J connectivity index is 1.51. The van der Waals surface area contributed by atoms with Crippen LogP contribution in [0.2, 0.25) is 0 Å². The summed E-state index contributed by atoms with van der Waals surface area (Å²) in [4.78, 5) is 37.2. The van der Waals surface area contributed by atoms with E-state index in [0.717, 1.165) is 43.7 Å². The van der Waals surface area contributed by atoms with E-state index in [1.807, 2.05) is 0 Å². The summed E-state index contributed by atoms with van der Waals surface area (Å²) in [7, 11) is 0. The SMILES string of the molecule is Cc1ncc([C@H](CCC(=O)CC(C)(C)CCc2ccc3c(n2)NCCC3)C(=O)O)cn1. The summed E-state index contributed by atoms with van der Waals surface area (Å²) < 4.78 is 0. The highest BCUT2D eigenvalue weighted by atomic mass is 16.4. The van der Waals surface area contributed by atoms with Crippen LogP contribution in [0.25, 0.3) is 0 Å². The fourth-order valence-corrected chi connectivity index (χ4v) is 4.01. The van der Waals surface area contributed by atoms with E-state index in [4.69, 9.17) is 4.98 Å². The van der Waals surface area contributed by atoms with Crippen molar-refractivity contribution in [1.82, 2.24) is 15.0 Å². The number of pyridine rings is 1. The van der Waals surface area contributed by atoms with Gasteiger partial charge in [-0.15, -0.1) is 0 Å². The summed E-state index contributed by atoms with van der Waals surface area (Å²) in [5.74, 6) is -0.0387. The molecule has 0 saturated heterocycles. The molecule has 0 saturated carbocycles. The number of Topliss-reactive ketones (excluding diaryl/α,β-unsaturated/α-hetero) is 1. The maximum Gasteiger partial charge on any atom is 0.311 e. The van der Waals surface area contributed by atoms with E-state index in [-0.39, 0.29) is 24.0 Å². The van der Waals surface area contributed by atoms with Gasteiger partial charge in [-0.3, -0.25) is 9.59 Å². The topological polar surface area (TPSA) is 105 Å². The Bertz CT molecular complexity index is 925. The number of carbonyl (C=O) groups excluding carboxylic acids is 1. The first kappa shape index (κ1) is 22.8. The lowest BCUT2D eigenvalue weighted by Crippen LogP contribution is -2.20. The molecule has 0 radical (unpaired) electrons. The molecule has 0 fully saturated rings. The fourth-order valence-electron chi connectivity index (χ4n) is 4.01. The third-order valence-corrected chi connectivity index (χ3v) is 5.90. The molecule has 3 rings (SSSR count). The van der Waals surface area contributed by atoms with Crippen LogP contribution < -0.4 is 5.32 Å². The average Bonchev–Trinajstić information content (AvgIpc) is 2.73. The Kier molecular flexibility index (Phi) is 7.36. The smallest absolute Gasteiger partial charge is 0.311 e. The molecule has 2 N–H and O–H groups in total. The van der Waals surface area contributed by atoms with Crippen LogP contribution in [0.1, 0.15) is 74.5 Å². The van der Waals surface area contributed by atoms with Gasteiger partial charge in [0.1, 0.15) is 17.4 Å². The fraction of sp³-hybridized carbons (Fsp3) is 0.542. The highest BCUT2D eigenvalue weighted by Gasteiger charge is 2.26. The molecular formula is C24H32N4O3. The number of nitrogens with one attached hydrogen (secondary N) is 1. The number of aliphatic carboxylic acids is 1. The average molecular weight is 425 g/mol. The van der Waals surface area contributed by atoms with Crippen molar-refractivity contribution >= 4 is 17.6 Å². The second-order valence-electron chi connectivity index (χ2n) is 9.21. The lowest BCUT2D eigenvalue weighted by molar-refractivity contribution is -0.139. The Morgan fingerprint density at radius 1 is 1.23 bits per heavy atom. The highest BCUT2D eigenvalue weighted by molar-refractivity contribution is 5.81. The number of hydrogen-bond donors (Lipinski definition) is 2. The van der Waals surface area contributed by atoms with Gasteiger partial charge in [0.2, 0.25) is 0 Å². The molecular weight excluding hydrogens is 392 g/mol. The van der Waals surface area contributed by atoms with Gasteiger partial charge in [-0.2, -0.15) is 0 Å². The number of hydrogen-bond acceptors (Lipinski definition) is 6. The van der Waals surface area contributed by atoms with Gasteiger partial charge in [-0.05, 0) is 56.1 Å². The van der Waals surface area contributed by atoms with E-state index < -0.39 is 11.9 Å². The van der Waals surface area contributed by atoms with Crippen LogP contribution in [0.3, 0.4) is 0 Å². The largest absolute Gasteiger partial charge is 0.481 e. The maximum atomic E-state index is 12.6. The molecule has 2 aromatic rings. The predicted molar refractivity (Wildman–Crippen MR) is 119 cm³/mol. The first-order chi connectivity index (χ1) is 14.7. The Hall–Kier alpha value is -2.83. The van der Waals surface area contributed by atoms with Crippen molar-refractivity contribution in [3.8, 4) is 0 Å². The predicted octanol–water partition coefficient (Wildman–Crippen LogP) is 4.10. The lowest BCUT2D eigenvalue weighted by atomic mass is 9.81. The Morgan fingerprint density at radius 2 is 1.97 bits per heavy atom. The van der Waals surface area contributed by atoms with Crippen LogP contribution in [0.5, 0.6) is 0 Å². The number of carbonyl (C=O) groups is 2. The minimum atomic E-state index is -0.952. The van der Waals surface area contributed by atoms with Crippen LogP contribution in [-0.4, -0.2) is 38.4 Å². The molecule has 1 atom stereocenters. The lowest BCUT2D eigenvalue weighted by Gasteiger charge is -2.24. The van der Waals surface area contributed by atoms with E-state index in [1.54, 1.807) is 6.92 Å². The molecule has 0 unspecified atom stereocenters. The van der Waals surface area contributed by atoms with Gasteiger partial charge in [-0.1, -0.05) is 19.9 Å². The molecule has 0 aliphatic carbocycles. The Morgan fingerprint density at radius 3 is 2.68 bits per heavy atom. The number of rotatable bonds is 10. The van der Waals surface area contributed by atoms with Crippen molar-refractivity contribution in [3.05, 3.63) is 47.2 Å². The summed E-state index contributed by atoms with van der Waals surface area (Å²) in [5.41, 5.74) is 2.68. The first-order valence-corrected chi connectivity index (χ1v) is 11.0. The summed E-state index contributed by atoms with van der Waals surface area (Å²) in [6.07, 6.45) is 7.86. The van der Waals surface area contributed by atoms with Crippen LogP contribution in [-0.2, 0) is 22.4 Å². The molecule has 31 heavy (non-hydrogen) atoms. The summed E-state index contributed by atoms with van der Waals surface area (Å²) in [5, 5.41) is 12.9. The van der Waals surface area contributed by atoms with Crippen molar-refractivity contribution in [1.29, 1.82) is 0 Å². The molecule has 0 spiro atoms. The zero-order valence-electron chi connectivity index (χ0n) is 18.6. The standard InChI is InChI=1S/C24H32N4O3/c1-16-26-14-18(15-27-16)21(23(30)31)9-8-20(29)13-24(2,3)11-10-19-7-6-17-5-4-12-25-22(17)28-19/h6-7,14-15,21H,4-5,8-13H2,1-3H3,(H,25,28)(H,30,31)/t21-/m0/s1. The van der Waals surface area contributed by atoms with Gasteiger partial charge in [0.15, 0.2) is 0 Å². The maximum absolute atomic E-state index is 12.6. The number of anilines is 1. The number of carboxylic acid groups (broad SMARTS) is 1. The van der Waals surface area contributed by atoms with Gasteiger partial charge in [0, 0.05) is 43.0 Å². The molecule has 3 heterocycles. The number of aryl methyl sites for hydroxylation is 3. The minimum Gasteiger partial charge on any atom is -0.481 e. The van der Waals surface area contributed by atoms with Crippen molar-refractivity contribution in [3.63, 3.8) is 0 Å². The van der Waals surface area contributed by atoms with E-state index in [0.29, 0.717) is 17.8 Å². The second kappa shape index (κ2) is 9.98. The molecule has 0 amide bonds. The normalized spacial score (nSPS) is 14.4. The van der Waals surface area contributed by atoms with Crippen LogP contribution in [0.4, 0.5) is 5.82 Å².